The summed E-state index contributed by atoms with van der Waals surface area (Å²) in [5.41, 5.74) is 0. The normalized spacial score (nSPS) is 31.8. The maximum atomic E-state index is 11.7. The van der Waals surface area contributed by atoms with E-state index >= 15 is 0 Å². The van der Waals surface area contributed by atoms with Gasteiger partial charge in [0.15, 0.2) is 5.79 Å². The second kappa shape index (κ2) is 7.33. The number of hydrogen-bond donors (Lipinski definition) is 2. The van der Waals surface area contributed by atoms with E-state index in [0.717, 1.165) is 10.8 Å². The van der Waals surface area contributed by atoms with Crippen molar-refractivity contribution in [2.45, 2.75) is 57.2 Å². The molecular weight excluding hydrogens is 362 g/mol. The van der Waals surface area contributed by atoms with Gasteiger partial charge >= 0.3 is 0 Å². The van der Waals surface area contributed by atoms with Crippen LogP contribution in [0.15, 0.2) is 42.5 Å². The Morgan fingerprint density at radius 2 is 1.96 bits per heavy atom. The van der Waals surface area contributed by atoms with Crippen molar-refractivity contribution in [1.29, 1.82) is 0 Å². The van der Waals surface area contributed by atoms with Gasteiger partial charge in [-0.05, 0) is 36.8 Å². The lowest BCUT2D eigenvalue weighted by atomic mass is 9.95. The predicted molar refractivity (Wildman–Crippen MR) is 102 cm³/mol. The molecule has 2 aliphatic rings. The number of aliphatic hydroxyl groups excluding tert-OH is 1. The highest BCUT2D eigenvalue weighted by molar-refractivity contribution is 5.83. The minimum Gasteiger partial charge on any atom is -0.463 e. The number of rotatable bonds is 3. The zero-order chi connectivity index (χ0) is 19.9. The molecule has 1 amide bonds. The van der Waals surface area contributed by atoms with E-state index in [4.69, 9.17) is 18.9 Å². The number of amides is 1. The van der Waals surface area contributed by atoms with Crippen LogP contribution in [-0.4, -0.2) is 54.1 Å². The van der Waals surface area contributed by atoms with Crippen LogP contribution in [-0.2, 0) is 19.0 Å². The van der Waals surface area contributed by atoms with Crippen molar-refractivity contribution in [3.8, 4) is 5.75 Å². The molecule has 0 aromatic heterocycles. The van der Waals surface area contributed by atoms with Crippen molar-refractivity contribution in [2.75, 3.05) is 6.61 Å². The van der Waals surface area contributed by atoms with Gasteiger partial charge in [0.1, 0.15) is 30.1 Å². The van der Waals surface area contributed by atoms with Crippen molar-refractivity contribution in [3.05, 3.63) is 42.5 Å². The maximum Gasteiger partial charge on any atom is 0.223 e. The minimum atomic E-state index is -1.00. The molecule has 0 saturated carbocycles. The Balaban J connectivity index is 1.59. The molecule has 2 aliphatic heterocycles. The number of aliphatic hydroxyl groups is 1. The van der Waals surface area contributed by atoms with Crippen LogP contribution in [0.1, 0.15) is 20.8 Å². The average molecular weight is 387 g/mol. The smallest absolute Gasteiger partial charge is 0.223 e. The second-order valence-corrected chi connectivity index (χ2v) is 7.68. The topological polar surface area (TPSA) is 86.3 Å². The molecule has 2 fully saturated rings. The van der Waals surface area contributed by atoms with Crippen molar-refractivity contribution < 1.29 is 28.8 Å². The molecule has 0 radical (unpaired) electrons. The Labute approximate surface area is 163 Å². The molecule has 0 unspecified atom stereocenters. The molecule has 5 atom stereocenters. The summed E-state index contributed by atoms with van der Waals surface area (Å²) in [6.45, 7) is 5.21. The molecule has 7 nitrogen and oxygen atoms in total. The van der Waals surface area contributed by atoms with Crippen LogP contribution >= 0.6 is 0 Å². The van der Waals surface area contributed by atoms with E-state index in [1.165, 1.54) is 6.92 Å². The maximum absolute atomic E-state index is 11.7. The lowest BCUT2D eigenvalue weighted by molar-refractivity contribution is -0.361. The van der Waals surface area contributed by atoms with Crippen molar-refractivity contribution in [3.63, 3.8) is 0 Å². The standard InChI is InChI=1S/C21H25NO6/c1-12(23)22-17-18(24)19-16(11-25-21(2,3)28-19)27-20(17)26-15-9-8-13-6-4-5-7-14(13)10-15/h4-10,16-20,24H,11H2,1-3H3,(H,22,23)/t16-,17-,18+,19+,20+/m1/s1. The molecular formula is C21H25NO6. The summed E-state index contributed by atoms with van der Waals surface area (Å²) in [5, 5.41) is 15.8. The molecule has 2 aromatic rings. The zero-order valence-corrected chi connectivity index (χ0v) is 16.1. The molecule has 2 aromatic carbocycles. The highest BCUT2D eigenvalue weighted by Gasteiger charge is 2.52. The number of benzene rings is 2. The first-order valence-corrected chi connectivity index (χ1v) is 9.40. The summed E-state index contributed by atoms with van der Waals surface area (Å²) in [6, 6.07) is 12.9. The number of carbonyl (C=O) groups excluding carboxylic acids is 1. The molecule has 2 heterocycles. The van der Waals surface area contributed by atoms with Gasteiger partial charge in [-0.25, -0.2) is 0 Å². The largest absolute Gasteiger partial charge is 0.463 e. The second-order valence-electron chi connectivity index (χ2n) is 7.68. The van der Waals surface area contributed by atoms with Crippen molar-refractivity contribution >= 4 is 16.7 Å². The lowest BCUT2D eigenvalue weighted by Gasteiger charge is -2.49. The van der Waals surface area contributed by atoms with Crippen LogP contribution in [0, 0.1) is 0 Å². The predicted octanol–water partition coefficient (Wildman–Crippen LogP) is 1.96. The van der Waals surface area contributed by atoms with Crippen molar-refractivity contribution in [2.24, 2.45) is 0 Å². The Morgan fingerprint density at radius 1 is 1.21 bits per heavy atom. The molecule has 2 saturated heterocycles. The van der Waals surface area contributed by atoms with Crippen LogP contribution in [0.5, 0.6) is 5.75 Å². The molecule has 0 bridgehead atoms. The third-order valence-corrected chi connectivity index (χ3v) is 5.03. The lowest BCUT2D eigenvalue weighted by Crippen LogP contribution is -2.69. The Bertz CT molecular complexity index is 869. The van der Waals surface area contributed by atoms with Gasteiger partial charge in [-0.1, -0.05) is 30.3 Å². The Kier molecular flexibility index (Phi) is 5.01. The number of carbonyl (C=O) groups is 1. The fourth-order valence-corrected chi connectivity index (χ4v) is 3.71. The van der Waals surface area contributed by atoms with E-state index in [0.29, 0.717) is 5.75 Å². The average Bonchev–Trinajstić information content (AvgIpc) is 2.65. The summed E-state index contributed by atoms with van der Waals surface area (Å²) in [6.07, 6.45) is -3.01. The minimum absolute atomic E-state index is 0.263. The summed E-state index contributed by atoms with van der Waals surface area (Å²) >= 11 is 0. The van der Waals surface area contributed by atoms with Crippen LogP contribution in [0.2, 0.25) is 0 Å². The zero-order valence-electron chi connectivity index (χ0n) is 16.1. The quantitative estimate of drug-likeness (QED) is 0.837. The van der Waals surface area contributed by atoms with Gasteiger partial charge in [0.25, 0.3) is 0 Å². The van der Waals surface area contributed by atoms with Gasteiger partial charge in [-0.2, -0.15) is 0 Å². The first-order chi connectivity index (χ1) is 13.3. The number of nitrogens with one attached hydrogen (secondary N) is 1. The fourth-order valence-electron chi connectivity index (χ4n) is 3.71. The summed E-state index contributed by atoms with van der Waals surface area (Å²) in [5.74, 6) is -0.537. The molecule has 0 spiro atoms. The first-order valence-electron chi connectivity index (χ1n) is 9.40. The summed E-state index contributed by atoms with van der Waals surface area (Å²) in [7, 11) is 0. The summed E-state index contributed by atoms with van der Waals surface area (Å²) < 4.78 is 23.6. The molecule has 0 aliphatic carbocycles. The van der Waals surface area contributed by atoms with E-state index < -0.39 is 36.4 Å². The molecule has 4 rings (SSSR count). The van der Waals surface area contributed by atoms with Crippen LogP contribution < -0.4 is 10.1 Å². The van der Waals surface area contributed by atoms with Gasteiger partial charge in [0.05, 0.1) is 6.61 Å². The van der Waals surface area contributed by atoms with Crippen LogP contribution in [0.4, 0.5) is 0 Å². The Hall–Kier alpha value is -2.19. The monoisotopic (exact) mass is 387 g/mol. The Morgan fingerprint density at radius 3 is 2.71 bits per heavy atom. The van der Waals surface area contributed by atoms with E-state index in [-0.39, 0.29) is 12.5 Å². The molecule has 2 N–H and O–H groups in total. The van der Waals surface area contributed by atoms with E-state index in [9.17, 15) is 9.90 Å². The van der Waals surface area contributed by atoms with Gasteiger partial charge in [-0.15, -0.1) is 0 Å². The van der Waals surface area contributed by atoms with Gasteiger partial charge in [-0.3, -0.25) is 4.79 Å². The highest BCUT2D eigenvalue weighted by Crippen LogP contribution is 2.33. The molecule has 28 heavy (non-hydrogen) atoms. The third kappa shape index (κ3) is 3.84. The SMILES string of the molecule is CC(=O)N[C@H]1[C@@H](Oc2ccc3ccccc3c2)O[C@@H]2COC(C)(C)O[C@@H]2[C@H]1O. The van der Waals surface area contributed by atoms with Crippen LogP contribution in [0.3, 0.4) is 0 Å². The number of hydrogen-bond acceptors (Lipinski definition) is 6. The molecule has 150 valence electrons. The van der Waals surface area contributed by atoms with Gasteiger partial charge in [0.2, 0.25) is 12.2 Å². The number of ether oxygens (including phenoxy) is 4. The van der Waals surface area contributed by atoms with E-state index in [2.05, 4.69) is 5.32 Å². The summed E-state index contributed by atoms with van der Waals surface area (Å²) in [4.78, 5) is 11.7. The third-order valence-electron chi connectivity index (χ3n) is 5.03. The van der Waals surface area contributed by atoms with E-state index in [1.807, 2.05) is 42.5 Å². The van der Waals surface area contributed by atoms with Crippen LogP contribution in [0.25, 0.3) is 10.8 Å². The van der Waals surface area contributed by atoms with Gasteiger partial charge < -0.3 is 29.4 Å². The van der Waals surface area contributed by atoms with E-state index in [1.54, 1.807) is 13.8 Å². The number of fused-ring (bicyclic) bond motifs is 2. The van der Waals surface area contributed by atoms with Gasteiger partial charge in [0, 0.05) is 6.92 Å². The molecule has 7 heteroatoms. The first kappa shape index (κ1) is 19.1. The fraction of sp³-hybridized carbons (Fsp3) is 0.476. The highest BCUT2D eigenvalue weighted by atomic mass is 16.8. The van der Waals surface area contributed by atoms with Crippen molar-refractivity contribution in [1.82, 2.24) is 5.32 Å².